The van der Waals surface area contributed by atoms with Gasteiger partial charge in [-0.3, -0.25) is 19.6 Å². The van der Waals surface area contributed by atoms with Crippen molar-refractivity contribution in [3.63, 3.8) is 0 Å². The van der Waals surface area contributed by atoms with Crippen molar-refractivity contribution in [3.8, 4) is 0 Å². The molecule has 0 aliphatic carbocycles. The molecule has 12 N–H and O–H groups in total. The molecule has 0 saturated heterocycles. The first-order valence-corrected chi connectivity index (χ1v) is 4.95. The van der Waals surface area contributed by atoms with Crippen LogP contribution in [0, 0.1) is 19.6 Å². The van der Waals surface area contributed by atoms with E-state index in [2.05, 4.69) is 0 Å². The summed E-state index contributed by atoms with van der Waals surface area (Å²) in [6, 6.07) is 0. The fourth-order valence-corrected chi connectivity index (χ4v) is 0.289. The standard InChI is InChI=1S/3C3H9N2.Co/c3*4-2-1-3-5;/h3*2H,1,3-5H2;/q3*-1;+3. The Balaban J connectivity index is -0.0000000655. The SMILES string of the molecule is N[CH-]CCN.N[CH-]CCN.N[CH-]CCN.[Co+3]. The van der Waals surface area contributed by atoms with Crippen LogP contribution in [-0.2, 0) is 16.8 Å². The molecule has 0 amide bonds. The van der Waals surface area contributed by atoms with Crippen molar-refractivity contribution in [3.05, 3.63) is 19.6 Å². The topological polar surface area (TPSA) is 156 Å². The molecule has 16 heavy (non-hydrogen) atoms. The fourth-order valence-electron chi connectivity index (χ4n) is 0.289. The molecule has 0 rings (SSSR count). The van der Waals surface area contributed by atoms with Gasteiger partial charge < -0.3 is 34.4 Å². The molecule has 0 bridgehead atoms. The van der Waals surface area contributed by atoms with Crippen molar-refractivity contribution in [2.45, 2.75) is 19.3 Å². The van der Waals surface area contributed by atoms with Crippen LogP contribution >= 0.6 is 0 Å². The number of nitrogens with two attached hydrogens (primary N) is 6. The van der Waals surface area contributed by atoms with E-state index in [4.69, 9.17) is 34.4 Å². The van der Waals surface area contributed by atoms with E-state index in [1.165, 1.54) is 0 Å². The van der Waals surface area contributed by atoms with E-state index in [1.54, 1.807) is 19.6 Å². The zero-order valence-corrected chi connectivity index (χ0v) is 10.8. The average molecular weight is 278 g/mol. The molecule has 0 aliphatic heterocycles. The predicted octanol–water partition coefficient (Wildman–Crippen LogP) is -1.64. The van der Waals surface area contributed by atoms with E-state index < -0.39 is 0 Å². The Morgan fingerprint density at radius 3 is 0.750 bits per heavy atom. The summed E-state index contributed by atoms with van der Waals surface area (Å²) in [4.78, 5) is 0. The summed E-state index contributed by atoms with van der Waals surface area (Å²) < 4.78 is 0. The molecule has 0 fully saturated rings. The van der Waals surface area contributed by atoms with Gasteiger partial charge in [0.05, 0.1) is 0 Å². The minimum absolute atomic E-state index is 0. The Hall–Kier alpha value is 0.266. The van der Waals surface area contributed by atoms with Gasteiger partial charge in [-0.05, 0) is 19.6 Å². The van der Waals surface area contributed by atoms with Gasteiger partial charge in [0.1, 0.15) is 0 Å². The molecule has 6 nitrogen and oxygen atoms in total. The van der Waals surface area contributed by atoms with Crippen LogP contribution in [0.1, 0.15) is 19.3 Å². The number of hydrogen-bond donors (Lipinski definition) is 6. The molecule has 0 spiro atoms. The van der Waals surface area contributed by atoms with Gasteiger partial charge in [-0.15, -0.1) is 0 Å². The first-order valence-electron chi connectivity index (χ1n) is 4.95. The van der Waals surface area contributed by atoms with Gasteiger partial charge in [0, 0.05) is 0 Å². The summed E-state index contributed by atoms with van der Waals surface area (Å²) in [6.45, 7) is 6.66. The number of rotatable bonds is 6. The van der Waals surface area contributed by atoms with Gasteiger partial charge in [0.25, 0.3) is 0 Å². The molecule has 0 aliphatic rings. The van der Waals surface area contributed by atoms with Crippen molar-refractivity contribution < 1.29 is 16.8 Å². The van der Waals surface area contributed by atoms with Crippen molar-refractivity contribution in [2.75, 3.05) is 19.6 Å². The van der Waals surface area contributed by atoms with Crippen LogP contribution in [-0.4, -0.2) is 19.6 Å². The van der Waals surface area contributed by atoms with Crippen LogP contribution in [0.2, 0.25) is 0 Å². The fraction of sp³-hybridized carbons (Fsp3) is 0.667. The van der Waals surface area contributed by atoms with Crippen molar-refractivity contribution in [2.24, 2.45) is 34.4 Å². The smallest absolute Gasteiger partial charge is 0.483 e. The van der Waals surface area contributed by atoms with E-state index in [0.717, 1.165) is 19.3 Å². The van der Waals surface area contributed by atoms with E-state index in [1.807, 2.05) is 0 Å². The molecular formula is C9H27CoN6. The van der Waals surface area contributed by atoms with Crippen LogP contribution in [0.3, 0.4) is 0 Å². The molecule has 102 valence electrons. The largest absolute Gasteiger partial charge is 3.00 e. The van der Waals surface area contributed by atoms with Crippen LogP contribution in [0.15, 0.2) is 0 Å². The Labute approximate surface area is 110 Å². The minimum Gasteiger partial charge on any atom is -0.483 e. The van der Waals surface area contributed by atoms with Crippen molar-refractivity contribution in [1.29, 1.82) is 0 Å². The molecule has 0 radical (unpaired) electrons. The first-order chi connectivity index (χ1) is 7.24. The van der Waals surface area contributed by atoms with Gasteiger partial charge >= 0.3 is 16.8 Å². The normalized spacial score (nSPS) is 7.88. The maximum absolute atomic E-state index is 5.03. The van der Waals surface area contributed by atoms with Gasteiger partial charge in [0.15, 0.2) is 0 Å². The van der Waals surface area contributed by atoms with Crippen LogP contribution in [0.25, 0.3) is 0 Å². The summed E-state index contributed by atoms with van der Waals surface area (Å²) in [5.41, 5.74) is 29.9. The Bertz CT molecular complexity index is 56.8. The van der Waals surface area contributed by atoms with Crippen LogP contribution in [0.5, 0.6) is 0 Å². The summed E-state index contributed by atoms with van der Waals surface area (Å²) in [6.07, 6.45) is 2.46. The molecule has 0 atom stereocenters. The van der Waals surface area contributed by atoms with Gasteiger partial charge in [-0.1, -0.05) is 0 Å². The third-order valence-corrected chi connectivity index (χ3v) is 1.00. The zero-order valence-electron chi connectivity index (χ0n) is 9.77. The molecule has 0 aromatic carbocycles. The molecule has 0 unspecified atom stereocenters. The molecule has 0 aromatic heterocycles. The quantitative estimate of drug-likeness (QED) is 0.320. The van der Waals surface area contributed by atoms with E-state index in [9.17, 15) is 0 Å². The Morgan fingerprint density at radius 2 is 0.750 bits per heavy atom. The van der Waals surface area contributed by atoms with Crippen molar-refractivity contribution in [1.82, 2.24) is 0 Å². The van der Waals surface area contributed by atoms with Gasteiger partial charge in [0.2, 0.25) is 0 Å². The molecule has 0 aromatic rings. The second-order valence-corrected chi connectivity index (χ2v) is 2.44. The summed E-state index contributed by atoms with van der Waals surface area (Å²) >= 11 is 0. The maximum Gasteiger partial charge on any atom is 3.00 e. The number of hydrogen-bond acceptors (Lipinski definition) is 6. The first kappa shape index (κ1) is 25.2. The van der Waals surface area contributed by atoms with Crippen LogP contribution in [0.4, 0.5) is 0 Å². The van der Waals surface area contributed by atoms with Crippen molar-refractivity contribution >= 4 is 0 Å². The third-order valence-electron chi connectivity index (χ3n) is 1.00. The third kappa shape index (κ3) is 63.9. The maximum atomic E-state index is 5.03. The predicted molar refractivity (Wildman–Crippen MR) is 66.5 cm³/mol. The molecular weight excluding hydrogens is 251 g/mol. The second kappa shape index (κ2) is 36.2. The van der Waals surface area contributed by atoms with Crippen LogP contribution < -0.4 is 34.4 Å². The van der Waals surface area contributed by atoms with E-state index >= 15 is 0 Å². The summed E-state index contributed by atoms with van der Waals surface area (Å²) in [5.74, 6) is 0. The Morgan fingerprint density at radius 1 is 0.562 bits per heavy atom. The second-order valence-electron chi connectivity index (χ2n) is 2.44. The monoisotopic (exact) mass is 278 g/mol. The molecule has 0 saturated carbocycles. The average Bonchev–Trinajstić information content (AvgIpc) is 2.23. The molecule has 0 heterocycles. The Kier molecular flexibility index (Phi) is 57.0. The summed E-state index contributed by atoms with van der Waals surface area (Å²) in [7, 11) is 0. The molecule has 7 heteroatoms. The minimum atomic E-state index is 0. The zero-order chi connectivity index (χ0) is 12.4. The van der Waals surface area contributed by atoms with E-state index in [-0.39, 0.29) is 16.8 Å². The van der Waals surface area contributed by atoms with E-state index in [0.29, 0.717) is 19.6 Å². The summed E-state index contributed by atoms with van der Waals surface area (Å²) in [5, 5.41) is 0. The van der Waals surface area contributed by atoms with Gasteiger partial charge in [-0.25, -0.2) is 0 Å². The van der Waals surface area contributed by atoms with Gasteiger partial charge in [-0.2, -0.15) is 19.3 Å².